The van der Waals surface area contributed by atoms with Gasteiger partial charge in [0.25, 0.3) is 5.69 Å². The molecular weight excluding hydrogens is 364 g/mol. The molecule has 1 saturated carbocycles. The number of hydrogen-bond acceptors (Lipinski definition) is 7. The van der Waals surface area contributed by atoms with Crippen LogP contribution in [-0.4, -0.2) is 32.0 Å². The molecule has 2 heterocycles. The predicted molar refractivity (Wildman–Crippen MR) is 97.7 cm³/mol. The summed E-state index contributed by atoms with van der Waals surface area (Å²) in [5, 5.41) is 18.9. The first-order valence-electron chi connectivity index (χ1n) is 8.69. The van der Waals surface area contributed by atoms with E-state index in [4.69, 9.17) is 8.83 Å². The Balaban J connectivity index is 1.49. The van der Waals surface area contributed by atoms with E-state index in [9.17, 15) is 14.9 Å². The molecular formula is C19H16N4O5. The Hall–Kier alpha value is -3.75. The van der Waals surface area contributed by atoms with Crippen LogP contribution in [0.4, 0.5) is 5.69 Å². The van der Waals surface area contributed by atoms with Crippen LogP contribution >= 0.6 is 0 Å². The van der Waals surface area contributed by atoms with Gasteiger partial charge < -0.3 is 13.7 Å². The van der Waals surface area contributed by atoms with Crippen molar-refractivity contribution in [3.8, 4) is 11.5 Å². The van der Waals surface area contributed by atoms with Crippen molar-refractivity contribution < 1.29 is 18.6 Å². The molecule has 28 heavy (non-hydrogen) atoms. The van der Waals surface area contributed by atoms with E-state index in [1.807, 2.05) is 0 Å². The van der Waals surface area contributed by atoms with Crippen LogP contribution in [0.2, 0.25) is 0 Å². The Kier molecular flexibility index (Phi) is 4.71. The standard InChI is InChI=1S/C19H16N4O5/c24-18(9-8-16-5-2-10-27-16)22(14-6-7-14)12-17-20-21-19(28-17)13-3-1-4-15(11-13)23(25)26/h1-5,8-11,14H,6-7,12H2/b9-8+. The zero-order valence-electron chi connectivity index (χ0n) is 14.7. The van der Waals surface area contributed by atoms with Crippen molar-refractivity contribution in [1.29, 1.82) is 0 Å². The Bertz CT molecular complexity index is 1020. The highest BCUT2D eigenvalue weighted by molar-refractivity contribution is 5.91. The number of amides is 1. The number of nitro groups is 1. The van der Waals surface area contributed by atoms with Gasteiger partial charge in [0.1, 0.15) is 5.76 Å². The highest BCUT2D eigenvalue weighted by Gasteiger charge is 2.33. The molecule has 1 aliphatic rings. The van der Waals surface area contributed by atoms with E-state index in [1.54, 1.807) is 35.2 Å². The maximum atomic E-state index is 12.6. The summed E-state index contributed by atoms with van der Waals surface area (Å²) in [6, 6.07) is 9.61. The van der Waals surface area contributed by atoms with E-state index < -0.39 is 4.92 Å². The lowest BCUT2D eigenvalue weighted by Gasteiger charge is -2.18. The minimum absolute atomic E-state index is 0.0601. The molecule has 1 amide bonds. The summed E-state index contributed by atoms with van der Waals surface area (Å²) in [6.07, 6.45) is 6.45. The highest BCUT2D eigenvalue weighted by atomic mass is 16.6. The molecule has 0 bridgehead atoms. The molecule has 0 spiro atoms. The Morgan fingerprint density at radius 3 is 2.86 bits per heavy atom. The summed E-state index contributed by atoms with van der Waals surface area (Å²) >= 11 is 0. The zero-order valence-corrected chi connectivity index (χ0v) is 14.7. The minimum Gasteiger partial charge on any atom is -0.465 e. The van der Waals surface area contributed by atoms with Crippen molar-refractivity contribution in [2.75, 3.05) is 0 Å². The molecule has 1 aliphatic carbocycles. The second-order valence-corrected chi connectivity index (χ2v) is 6.35. The predicted octanol–water partition coefficient (Wildman–Crippen LogP) is 3.44. The lowest BCUT2D eigenvalue weighted by atomic mass is 10.2. The van der Waals surface area contributed by atoms with Gasteiger partial charge in [0.15, 0.2) is 0 Å². The van der Waals surface area contributed by atoms with Crippen LogP contribution in [0, 0.1) is 10.1 Å². The molecule has 9 nitrogen and oxygen atoms in total. The third-order valence-electron chi connectivity index (χ3n) is 4.28. The molecule has 0 saturated heterocycles. The molecule has 3 aromatic rings. The fraction of sp³-hybridized carbons (Fsp3) is 0.211. The lowest BCUT2D eigenvalue weighted by Crippen LogP contribution is -2.31. The van der Waals surface area contributed by atoms with Crippen LogP contribution in [0.3, 0.4) is 0 Å². The smallest absolute Gasteiger partial charge is 0.270 e. The van der Waals surface area contributed by atoms with Gasteiger partial charge in [-0.05, 0) is 37.1 Å². The van der Waals surface area contributed by atoms with Crippen LogP contribution in [0.15, 0.2) is 57.6 Å². The van der Waals surface area contributed by atoms with Gasteiger partial charge in [0.05, 0.1) is 17.7 Å². The number of rotatable bonds is 7. The van der Waals surface area contributed by atoms with Crippen molar-refractivity contribution in [3.05, 3.63) is 70.5 Å². The average Bonchev–Trinajstić information content (AvgIpc) is 3.20. The fourth-order valence-electron chi connectivity index (χ4n) is 2.74. The first kappa shape index (κ1) is 17.7. The van der Waals surface area contributed by atoms with Gasteiger partial charge in [-0.15, -0.1) is 10.2 Å². The molecule has 2 aromatic heterocycles. The number of nitro benzene ring substituents is 1. The first-order valence-corrected chi connectivity index (χ1v) is 8.69. The van der Waals surface area contributed by atoms with E-state index in [0.29, 0.717) is 11.3 Å². The summed E-state index contributed by atoms with van der Waals surface area (Å²) in [7, 11) is 0. The molecule has 0 unspecified atom stereocenters. The molecule has 0 aliphatic heterocycles. The van der Waals surface area contributed by atoms with Crippen molar-refractivity contribution in [2.24, 2.45) is 0 Å². The minimum atomic E-state index is -0.486. The van der Waals surface area contributed by atoms with E-state index in [-0.39, 0.29) is 36.0 Å². The number of carbonyl (C=O) groups excluding carboxylic acids is 1. The molecule has 4 rings (SSSR count). The molecule has 0 radical (unpaired) electrons. The van der Waals surface area contributed by atoms with Crippen molar-refractivity contribution >= 4 is 17.7 Å². The zero-order chi connectivity index (χ0) is 19.5. The molecule has 0 atom stereocenters. The summed E-state index contributed by atoms with van der Waals surface area (Å²) in [5.41, 5.74) is 0.394. The number of non-ortho nitro benzene ring substituents is 1. The molecule has 1 fully saturated rings. The maximum absolute atomic E-state index is 12.6. The normalized spacial score (nSPS) is 13.7. The van der Waals surface area contributed by atoms with E-state index in [2.05, 4.69) is 10.2 Å². The van der Waals surface area contributed by atoms with Crippen molar-refractivity contribution in [3.63, 3.8) is 0 Å². The lowest BCUT2D eigenvalue weighted by molar-refractivity contribution is -0.384. The highest BCUT2D eigenvalue weighted by Crippen LogP contribution is 2.29. The van der Waals surface area contributed by atoms with Crippen LogP contribution in [0.1, 0.15) is 24.5 Å². The van der Waals surface area contributed by atoms with Crippen LogP contribution < -0.4 is 0 Å². The van der Waals surface area contributed by atoms with Gasteiger partial charge in [-0.3, -0.25) is 14.9 Å². The van der Waals surface area contributed by atoms with Crippen molar-refractivity contribution in [2.45, 2.75) is 25.4 Å². The first-order chi connectivity index (χ1) is 13.6. The number of benzene rings is 1. The van der Waals surface area contributed by atoms with Crippen LogP contribution in [-0.2, 0) is 11.3 Å². The topological polar surface area (TPSA) is 116 Å². The Morgan fingerprint density at radius 2 is 2.14 bits per heavy atom. The Labute approximate surface area is 159 Å². The monoisotopic (exact) mass is 380 g/mol. The quantitative estimate of drug-likeness (QED) is 0.350. The number of carbonyl (C=O) groups is 1. The second kappa shape index (κ2) is 7.47. The van der Waals surface area contributed by atoms with E-state index in [0.717, 1.165) is 12.8 Å². The maximum Gasteiger partial charge on any atom is 0.270 e. The second-order valence-electron chi connectivity index (χ2n) is 6.35. The number of hydrogen-bond donors (Lipinski definition) is 0. The SMILES string of the molecule is O=C(/C=C/c1ccco1)N(Cc1nnc(-c2cccc([N+](=O)[O-])c2)o1)C1CC1. The largest absolute Gasteiger partial charge is 0.465 e. The van der Waals surface area contributed by atoms with Gasteiger partial charge in [0, 0.05) is 29.8 Å². The van der Waals surface area contributed by atoms with Gasteiger partial charge in [-0.25, -0.2) is 0 Å². The van der Waals surface area contributed by atoms with E-state index >= 15 is 0 Å². The van der Waals surface area contributed by atoms with Gasteiger partial charge in [0.2, 0.25) is 17.7 Å². The fourth-order valence-corrected chi connectivity index (χ4v) is 2.74. The summed E-state index contributed by atoms with van der Waals surface area (Å²) in [6.45, 7) is 0.175. The number of aromatic nitrogens is 2. The third kappa shape index (κ3) is 3.98. The summed E-state index contributed by atoms with van der Waals surface area (Å²) in [4.78, 5) is 24.7. The van der Waals surface area contributed by atoms with Crippen LogP contribution in [0.5, 0.6) is 0 Å². The van der Waals surface area contributed by atoms with Crippen molar-refractivity contribution in [1.82, 2.24) is 15.1 Å². The van der Waals surface area contributed by atoms with Crippen LogP contribution in [0.25, 0.3) is 17.5 Å². The molecule has 9 heteroatoms. The summed E-state index contributed by atoms with van der Waals surface area (Å²) < 4.78 is 10.8. The molecule has 0 N–H and O–H groups in total. The third-order valence-corrected chi connectivity index (χ3v) is 4.28. The Morgan fingerprint density at radius 1 is 1.29 bits per heavy atom. The van der Waals surface area contributed by atoms with Gasteiger partial charge in [-0.2, -0.15) is 0 Å². The van der Waals surface area contributed by atoms with Gasteiger partial charge in [-0.1, -0.05) is 6.07 Å². The van der Waals surface area contributed by atoms with E-state index in [1.165, 1.54) is 24.5 Å². The summed E-state index contributed by atoms with van der Waals surface area (Å²) in [5.74, 6) is 0.866. The average molecular weight is 380 g/mol. The van der Waals surface area contributed by atoms with Gasteiger partial charge >= 0.3 is 0 Å². The molecule has 1 aromatic carbocycles. The molecule has 142 valence electrons. The number of nitrogens with zero attached hydrogens (tertiary/aromatic N) is 4. The number of furan rings is 1.